The van der Waals surface area contributed by atoms with E-state index in [1.807, 2.05) is 20.8 Å². The second kappa shape index (κ2) is 5.59. The number of ether oxygens (including phenoxy) is 1. The number of nitrogens with two attached hydrogens (primary N) is 1. The van der Waals surface area contributed by atoms with Crippen molar-refractivity contribution in [2.45, 2.75) is 77.0 Å². The minimum absolute atomic E-state index is 0.211. The van der Waals surface area contributed by atoms with Gasteiger partial charge < -0.3 is 15.0 Å². The second-order valence-electron chi connectivity index (χ2n) is 6.48. The zero-order valence-corrected chi connectivity index (χ0v) is 12.2. The van der Waals surface area contributed by atoms with Crippen LogP contribution in [0.2, 0.25) is 0 Å². The summed E-state index contributed by atoms with van der Waals surface area (Å²) in [5, 5.41) is 4.06. The molecule has 19 heavy (non-hydrogen) atoms. The third-order valence-corrected chi connectivity index (χ3v) is 3.54. The number of nitrogens with zero attached hydrogens (tertiary/aromatic N) is 2. The van der Waals surface area contributed by atoms with Gasteiger partial charge in [-0.15, -0.1) is 0 Å². The SMILES string of the molecule is CC(C)(C)OCc1nc(C2(N)CCCCCC2)no1. The van der Waals surface area contributed by atoms with Crippen molar-refractivity contribution in [1.29, 1.82) is 0 Å². The minimum Gasteiger partial charge on any atom is -0.366 e. The molecule has 108 valence electrons. The van der Waals surface area contributed by atoms with E-state index < -0.39 is 5.54 Å². The highest BCUT2D eigenvalue weighted by molar-refractivity contribution is 5.04. The summed E-state index contributed by atoms with van der Waals surface area (Å²) in [7, 11) is 0. The van der Waals surface area contributed by atoms with Gasteiger partial charge in [0.1, 0.15) is 6.61 Å². The van der Waals surface area contributed by atoms with Gasteiger partial charge in [-0.3, -0.25) is 0 Å². The molecule has 0 unspecified atom stereocenters. The van der Waals surface area contributed by atoms with Crippen LogP contribution in [0.5, 0.6) is 0 Å². The average Bonchev–Trinajstić information content (AvgIpc) is 2.70. The molecular formula is C14H25N3O2. The van der Waals surface area contributed by atoms with Crippen LogP contribution in [0.4, 0.5) is 0 Å². The number of aromatic nitrogens is 2. The van der Waals surface area contributed by atoms with Gasteiger partial charge in [-0.1, -0.05) is 30.8 Å². The zero-order valence-electron chi connectivity index (χ0n) is 12.2. The predicted molar refractivity (Wildman–Crippen MR) is 72.4 cm³/mol. The van der Waals surface area contributed by atoms with E-state index in [4.69, 9.17) is 15.0 Å². The molecule has 1 aliphatic rings. The quantitative estimate of drug-likeness (QED) is 0.852. The maximum absolute atomic E-state index is 6.45. The van der Waals surface area contributed by atoms with Crippen molar-refractivity contribution in [2.75, 3.05) is 0 Å². The topological polar surface area (TPSA) is 74.2 Å². The molecule has 0 amide bonds. The molecule has 2 rings (SSSR count). The van der Waals surface area contributed by atoms with Gasteiger partial charge in [-0.2, -0.15) is 4.98 Å². The number of rotatable bonds is 3. The van der Waals surface area contributed by atoms with Gasteiger partial charge in [0.2, 0.25) is 0 Å². The van der Waals surface area contributed by atoms with Crippen molar-refractivity contribution in [3.63, 3.8) is 0 Å². The molecule has 2 N–H and O–H groups in total. The molecule has 1 heterocycles. The summed E-state index contributed by atoms with van der Waals surface area (Å²) >= 11 is 0. The lowest BCUT2D eigenvalue weighted by Gasteiger charge is -2.23. The van der Waals surface area contributed by atoms with Crippen LogP contribution in [0.25, 0.3) is 0 Å². The highest BCUT2D eigenvalue weighted by atomic mass is 16.5. The molecule has 0 radical (unpaired) electrons. The maximum Gasteiger partial charge on any atom is 0.252 e. The fourth-order valence-electron chi connectivity index (χ4n) is 2.38. The van der Waals surface area contributed by atoms with Gasteiger partial charge in [0.05, 0.1) is 11.1 Å². The van der Waals surface area contributed by atoms with E-state index in [0.717, 1.165) is 25.7 Å². The molecule has 1 aromatic heterocycles. The summed E-state index contributed by atoms with van der Waals surface area (Å²) in [5.74, 6) is 1.15. The molecule has 1 aromatic rings. The van der Waals surface area contributed by atoms with Gasteiger partial charge in [-0.25, -0.2) is 0 Å². The summed E-state index contributed by atoms with van der Waals surface area (Å²) in [4.78, 5) is 4.42. The predicted octanol–water partition coefficient (Wildman–Crippen LogP) is 2.89. The summed E-state index contributed by atoms with van der Waals surface area (Å²) < 4.78 is 10.9. The molecule has 5 nitrogen and oxygen atoms in total. The van der Waals surface area contributed by atoms with E-state index in [0.29, 0.717) is 18.3 Å². The molecule has 1 aliphatic carbocycles. The number of hydrogen-bond acceptors (Lipinski definition) is 5. The summed E-state index contributed by atoms with van der Waals surface area (Å²) in [6, 6.07) is 0. The molecule has 5 heteroatoms. The van der Waals surface area contributed by atoms with Crippen LogP contribution in [0.1, 0.15) is 71.0 Å². The Labute approximate surface area is 114 Å². The average molecular weight is 267 g/mol. The Hall–Kier alpha value is -0.940. The van der Waals surface area contributed by atoms with Crippen molar-refractivity contribution in [3.05, 3.63) is 11.7 Å². The van der Waals surface area contributed by atoms with E-state index in [1.165, 1.54) is 12.8 Å². The van der Waals surface area contributed by atoms with E-state index in [9.17, 15) is 0 Å². The van der Waals surface area contributed by atoms with Crippen molar-refractivity contribution in [3.8, 4) is 0 Å². The van der Waals surface area contributed by atoms with Gasteiger partial charge in [0.25, 0.3) is 5.89 Å². The lowest BCUT2D eigenvalue weighted by atomic mass is 9.91. The van der Waals surface area contributed by atoms with Crippen molar-refractivity contribution < 1.29 is 9.26 Å². The summed E-state index contributed by atoms with van der Waals surface area (Å²) in [5.41, 5.74) is 5.82. The Morgan fingerprint density at radius 3 is 2.42 bits per heavy atom. The van der Waals surface area contributed by atoms with Gasteiger partial charge >= 0.3 is 0 Å². The van der Waals surface area contributed by atoms with Crippen molar-refractivity contribution >= 4 is 0 Å². The molecule has 0 spiro atoms. The Kier molecular flexibility index (Phi) is 4.26. The molecule has 1 saturated carbocycles. The van der Waals surface area contributed by atoms with Crippen LogP contribution in [0.3, 0.4) is 0 Å². The summed E-state index contributed by atoms with van der Waals surface area (Å²) in [6.07, 6.45) is 6.64. The minimum atomic E-state index is -0.417. The van der Waals surface area contributed by atoms with Gasteiger partial charge in [0, 0.05) is 0 Å². The molecule has 0 atom stereocenters. The molecule has 1 fully saturated rings. The van der Waals surface area contributed by atoms with Crippen molar-refractivity contribution in [2.24, 2.45) is 5.73 Å². The summed E-state index contributed by atoms with van der Waals surface area (Å²) in [6.45, 7) is 6.34. The van der Waals surface area contributed by atoms with Gasteiger partial charge in [0.15, 0.2) is 5.82 Å². The molecule has 0 bridgehead atoms. The Morgan fingerprint density at radius 2 is 1.84 bits per heavy atom. The monoisotopic (exact) mass is 267 g/mol. The lowest BCUT2D eigenvalue weighted by molar-refractivity contribution is -0.0260. The van der Waals surface area contributed by atoms with Crippen LogP contribution in [-0.2, 0) is 16.9 Å². The molecule has 0 aliphatic heterocycles. The fraction of sp³-hybridized carbons (Fsp3) is 0.857. The second-order valence-corrected chi connectivity index (χ2v) is 6.48. The highest BCUT2D eigenvalue weighted by Crippen LogP contribution is 2.32. The van der Waals surface area contributed by atoms with Gasteiger partial charge in [-0.05, 0) is 33.6 Å². The number of hydrogen-bond donors (Lipinski definition) is 1. The van der Waals surface area contributed by atoms with Crippen LogP contribution < -0.4 is 5.73 Å². The van der Waals surface area contributed by atoms with Crippen LogP contribution in [0.15, 0.2) is 4.52 Å². The van der Waals surface area contributed by atoms with Crippen LogP contribution in [-0.4, -0.2) is 15.7 Å². The first kappa shape index (κ1) is 14.5. The smallest absolute Gasteiger partial charge is 0.252 e. The lowest BCUT2D eigenvalue weighted by Crippen LogP contribution is -2.37. The molecular weight excluding hydrogens is 242 g/mol. The Balaban J connectivity index is 2.03. The Morgan fingerprint density at radius 1 is 1.21 bits per heavy atom. The maximum atomic E-state index is 6.45. The van der Waals surface area contributed by atoms with Crippen LogP contribution >= 0.6 is 0 Å². The van der Waals surface area contributed by atoms with E-state index in [2.05, 4.69) is 10.1 Å². The van der Waals surface area contributed by atoms with Crippen LogP contribution in [0, 0.1) is 0 Å². The van der Waals surface area contributed by atoms with Crippen molar-refractivity contribution in [1.82, 2.24) is 10.1 Å². The highest BCUT2D eigenvalue weighted by Gasteiger charge is 2.33. The third-order valence-electron chi connectivity index (χ3n) is 3.54. The fourth-order valence-corrected chi connectivity index (χ4v) is 2.38. The third kappa shape index (κ3) is 4.01. The normalized spacial score (nSPS) is 20.2. The van der Waals surface area contributed by atoms with E-state index >= 15 is 0 Å². The molecule has 0 aromatic carbocycles. The molecule has 0 saturated heterocycles. The van der Waals surface area contributed by atoms with E-state index in [1.54, 1.807) is 0 Å². The first-order valence-electron chi connectivity index (χ1n) is 7.15. The Bertz CT molecular complexity index is 401. The van der Waals surface area contributed by atoms with E-state index in [-0.39, 0.29) is 5.60 Å². The first-order chi connectivity index (χ1) is 8.89. The largest absolute Gasteiger partial charge is 0.366 e. The zero-order chi connectivity index (χ0) is 13.9. The standard InChI is InChI=1S/C14H25N3O2/c1-13(2,3)18-10-11-16-12(17-19-11)14(15)8-6-4-5-7-9-14/h4-10,15H2,1-3H3. The first-order valence-corrected chi connectivity index (χ1v) is 7.15.